The van der Waals surface area contributed by atoms with Crippen LogP contribution in [0.25, 0.3) is 0 Å². The molecule has 0 fully saturated rings. The zero-order chi connectivity index (χ0) is 14.4. The molecule has 0 saturated carbocycles. The van der Waals surface area contributed by atoms with E-state index in [0.29, 0.717) is 12.4 Å². The van der Waals surface area contributed by atoms with Gasteiger partial charge in [-0.15, -0.1) is 0 Å². The van der Waals surface area contributed by atoms with Crippen LogP contribution in [0.1, 0.15) is 45.9 Å². The van der Waals surface area contributed by atoms with Crippen molar-refractivity contribution >= 4 is 27.7 Å². The monoisotopic (exact) mass is 328 g/mol. The van der Waals surface area contributed by atoms with Crippen molar-refractivity contribution in [3.8, 4) is 0 Å². The van der Waals surface area contributed by atoms with Crippen molar-refractivity contribution in [3.05, 3.63) is 16.5 Å². The Morgan fingerprint density at radius 2 is 2.05 bits per heavy atom. The van der Waals surface area contributed by atoms with Crippen molar-refractivity contribution in [1.82, 2.24) is 15.3 Å². The molecule has 2 N–H and O–H groups in total. The second kappa shape index (κ2) is 7.43. The van der Waals surface area contributed by atoms with Crippen LogP contribution < -0.4 is 10.6 Å². The maximum Gasteiger partial charge on any atom is 0.242 e. The third kappa shape index (κ3) is 5.14. The predicted molar refractivity (Wildman–Crippen MR) is 80.2 cm³/mol. The molecule has 0 aliphatic heterocycles. The number of hydrogen-bond donors (Lipinski definition) is 2. The van der Waals surface area contributed by atoms with Crippen LogP contribution in [0.4, 0.5) is 5.82 Å². The van der Waals surface area contributed by atoms with Crippen molar-refractivity contribution in [2.24, 2.45) is 0 Å². The summed E-state index contributed by atoms with van der Waals surface area (Å²) in [5.74, 6) is 1.62. The summed E-state index contributed by atoms with van der Waals surface area (Å²) in [6.45, 7) is 8.59. The predicted octanol–water partition coefficient (Wildman–Crippen LogP) is 2.69. The second-order valence-corrected chi connectivity index (χ2v) is 5.56. The van der Waals surface area contributed by atoms with Crippen molar-refractivity contribution in [1.29, 1.82) is 0 Å². The van der Waals surface area contributed by atoms with Gasteiger partial charge in [-0.05, 0) is 29.3 Å². The molecule has 106 valence electrons. The Morgan fingerprint density at radius 3 is 2.63 bits per heavy atom. The number of anilines is 1. The summed E-state index contributed by atoms with van der Waals surface area (Å²) < 4.78 is 0.717. The summed E-state index contributed by atoms with van der Waals surface area (Å²) in [6.07, 6.45) is 0.926. The third-order valence-corrected chi connectivity index (χ3v) is 2.94. The second-order valence-electron chi connectivity index (χ2n) is 4.75. The van der Waals surface area contributed by atoms with Gasteiger partial charge in [0.05, 0.1) is 0 Å². The minimum Gasteiger partial charge on any atom is -0.358 e. The number of rotatable bonds is 6. The van der Waals surface area contributed by atoms with Crippen LogP contribution in [-0.4, -0.2) is 28.5 Å². The molecule has 0 bridgehead atoms. The molecule has 0 aliphatic rings. The van der Waals surface area contributed by atoms with E-state index in [-0.39, 0.29) is 17.9 Å². The van der Waals surface area contributed by atoms with Gasteiger partial charge in [-0.3, -0.25) is 4.79 Å². The molecule has 0 aromatic carbocycles. The number of nitrogens with zero attached hydrogens (tertiary/aromatic N) is 2. The molecule has 1 amide bonds. The Bertz CT molecular complexity index is 437. The molecular weight excluding hydrogens is 308 g/mol. The van der Waals surface area contributed by atoms with E-state index in [1.165, 1.54) is 0 Å². The molecule has 0 aliphatic carbocycles. The van der Waals surface area contributed by atoms with Gasteiger partial charge in [0.25, 0.3) is 0 Å². The van der Waals surface area contributed by atoms with Crippen LogP contribution in [0.15, 0.2) is 10.7 Å². The first-order chi connectivity index (χ1) is 8.93. The standard InChI is InChI=1S/C13H21BrN4O/c1-5-6-15-13(19)9(4)16-11-7-10(14)17-12(18-11)8(2)3/h7-9H,5-6H2,1-4H3,(H,15,19)(H,16,17,18). The molecule has 0 radical (unpaired) electrons. The average Bonchev–Trinajstić information content (AvgIpc) is 2.34. The number of carbonyl (C=O) groups is 1. The number of amides is 1. The van der Waals surface area contributed by atoms with E-state index in [1.54, 1.807) is 6.07 Å². The zero-order valence-electron chi connectivity index (χ0n) is 11.8. The fourth-order valence-corrected chi connectivity index (χ4v) is 1.85. The molecule has 19 heavy (non-hydrogen) atoms. The summed E-state index contributed by atoms with van der Waals surface area (Å²) >= 11 is 3.36. The average molecular weight is 329 g/mol. The maximum atomic E-state index is 11.8. The highest BCUT2D eigenvalue weighted by molar-refractivity contribution is 9.10. The number of halogens is 1. The third-order valence-electron chi connectivity index (χ3n) is 2.54. The van der Waals surface area contributed by atoms with E-state index in [2.05, 4.69) is 36.5 Å². The van der Waals surface area contributed by atoms with Crippen molar-refractivity contribution in [2.75, 3.05) is 11.9 Å². The largest absolute Gasteiger partial charge is 0.358 e. The topological polar surface area (TPSA) is 66.9 Å². The molecule has 0 saturated heterocycles. The summed E-state index contributed by atoms with van der Waals surface area (Å²) in [5.41, 5.74) is 0. The fourth-order valence-electron chi connectivity index (χ4n) is 1.46. The lowest BCUT2D eigenvalue weighted by molar-refractivity contribution is -0.121. The van der Waals surface area contributed by atoms with Crippen molar-refractivity contribution < 1.29 is 4.79 Å². The lowest BCUT2D eigenvalue weighted by atomic mass is 10.2. The molecule has 1 aromatic heterocycles. The molecule has 1 heterocycles. The molecule has 1 unspecified atom stereocenters. The van der Waals surface area contributed by atoms with Gasteiger partial charge in [-0.2, -0.15) is 0 Å². The van der Waals surface area contributed by atoms with Crippen LogP contribution in [0.2, 0.25) is 0 Å². The summed E-state index contributed by atoms with van der Waals surface area (Å²) in [6, 6.07) is 1.45. The number of aromatic nitrogens is 2. The number of hydrogen-bond acceptors (Lipinski definition) is 4. The molecule has 1 rings (SSSR count). The van der Waals surface area contributed by atoms with Crippen LogP contribution in [0.5, 0.6) is 0 Å². The quantitative estimate of drug-likeness (QED) is 0.788. The minimum absolute atomic E-state index is 0.0253. The molecule has 6 heteroatoms. The van der Waals surface area contributed by atoms with E-state index < -0.39 is 0 Å². The maximum absolute atomic E-state index is 11.8. The van der Waals surface area contributed by atoms with Gasteiger partial charge in [0.1, 0.15) is 22.3 Å². The van der Waals surface area contributed by atoms with Crippen molar-refractivity contribution in [3.63, 3.8) is 0 Å². The van der Waals surface area contributed by atoms with Gasteiger partial charge < -0.3 is 10.6 Å². The summed E-state index contributed by atoms with van der Waals surface area (Å²) in [7, 11) is 0. The Morgan fingerprint density at radius 1 is 1.37 bits per heavy atom. The molecule has 1 aromatic rings. The fraction of sp³-hybridized carbons (Fsp3) is 0.615. The SMILES string of the molecule is CCCNC(=O)C(C)Nc1cc(Br)nc(C(C)C)n1. The lowest BCUT2D eigenvalue weighted by Gasteiger charge is -2.15. The molecular formula is C13H21BrN4O. The summed E-state index contributed by atoms with van der Waals surface area (Å²) in [5, 5.41) is 5.94. The van der Waals surface area contributed by atoms with Gasteiger partial charge in [0.15, 0.2) is 0 Å². The van der Waals surface area contributed by atoms with E-state index in [9.17, 15) is 4.79 Å². The van der Waals surface area contributed by atoms with Gasteiger partial charge in [0.2, 0.25) is 5.91 Å². The molecule has 5 nitrogen and oxygen atoms in total. The van der Waals surface area contributed by atoms with Crippen LogP contribution in [0, 0.1) is 0 Å². The van der Waals surface area contributed by atoms with Crippen LogP contribution in [-0.2, 0) is 4.79 Å². The van der Waals surface area contributed by atoms with Crippen molar-refractivity contribution in [2.45, 2.75) is 46.1 Å². The first kappa shape index (κ1) is 15.9. The zero-order valence-corrected chi connectivity index (χ0v) is 13.4. The Balaban J connectivity index is 2.73. The number of carbonyl (C=O) groups excluding carboxylic acids is 1. The van der Waals surface area contributed by atoms with Crippen LogP contribution in [0.3, 0.4) is 0 Å². The first-order valence-corrected chi connectivity index (χ1v) is 7.32. The smallest absolute Gasteiger partial charge is 0.242 e. The summed E-state index contributed by atoms with van der Waals surface area (Å²) in [4.78, 5) is 20.5. The van der Waals surface area contributed by atoms with E-state index in [1.807, 2.05) is 27.7 Å². The Hall–Kier alpha value is -1.17. The minimum atomic E-state index is -0.326. The molecule has 1 atom stereocenters. The van der Waals surface area contributed by atoms with Crippen LogP contribution >= 0.6 is 15.9 Å². The Kier molecular flexibility index (Phi) is 6.21. The van der Waals surface area contributed by atoms with E-state index in [4.69, 9.17) is 0 Å². The number of nitrogens with one attached hydrogen (secondary N) is 2. The highest BCUT2D eigenvalue weighted by Crippen LogP contribution is 2.17. The lowest BCUT2D eigenvalue weighted by Crippen LogP contribution is -2.38. The highest BCUT2D eigenvalue weighted by atomic mass is 79.9. The normalized spacial score (nSPS) is 12.3. The van der Waals surface area contributed by atoms with Gasteiger partial charge in [-0.25, -0.2) is 9.97 Å². The first-order valence-electron chi connectivity index (χ1n) is 6.52. The highest BCUT2D eigenvalue weighted by Gasteiger charge is 2.14. The van der Waals surface area contributed by atoms with Gasteiger partial charge in [0, 0.05) is 18.5 Å². The molecule has 0 spiro atoms. The van der Waals surface area contributed by atoms with Gasteiger partial charge >= 0.3 is 0 Å². The van der Waals surface area contributed by atoms with Gasteiger partial charge in [-0.1, -0.05) is 20.8 Å². The Labute approximate surface area is 122 Å². The van der Waals surface area contributed by atoms with E-state index in [0.717, 1.165) is 16.8 Å². The van der Waals surface area contributed by atoms with E-state index >= 15 is 0 Å².